The summed E-state index contributed by atoms with van der Waals surface area (Å²) in [5.41, 5.74) is 8.12. The predicted molar refractivity (Wildman–Crippen MR) is 63.2 cm³/mol. The van der Waals surface area contributed by atoms with Crippen molar-refractivity contribution in [3.8, 4) is 0 Å². The molecule has 0 aliphatic heterocycles. The van der Waals surface area contributed by atoms with Gasteiger partial charge in [-0.05, 0) is 43.1 Å². The Kier molecular flexibility index (Phi) is 2.01. The quantitative estimate of drug-likeness (QED) is 0.803. The van der Waals surface area contributed by atoms with E-state index in [0.29, 0.717) is 11.8 Å². The van der Waals surface area contributed by atoms with E-state index < -0.39 is 0 Å². The molecule has 0 spiro atoms. The number of aromatic nitrogens is 1. The summed E-state index contributed by atoms with van der Waals surface area (Å²) >= 11 is 5.95. The third-order valence-corrected chi connectivity index (χ3v) is 3.46. The van der Waals surface area contributed by atoms with Crippen molar-refractivity contribution >= 4 is 22.5 Å². The summed E-state index contributed by atoms with van der Waals surface area (Å²) in [5.74, 6) is 1.31. The lowest BCUT2D eigenvalue weighted by Crippen LogP contribution is -2.01. The third kappa shape index (κ3) is 1.54. The van der Waals surface area contributed by atoms with Crippen LogP contribution in [-0.4, -0.2) is 11.5 Å². The molecule has 1 fully saturated rings. The van der Waals surface area contributed by atoms with Crippen molar-refractivity contribution in [2.45, 2.75) is 12.3 Å². The number of halogens is 1. The summed E-state index contributed by atoms with van der Waals surface area (Å²) in [4.78, 5) is 3.43. The molecular formula is C12H13ClN2. The van der Waals surface area contributed by atoms with Crippen molar-refractivity contribution in [2.75, 3.05) is 6.54 Å². The molecule has 2 aromatic rings. The van der Waals surface area contributed by atoms with Crippen LogP contribution in [0.5, 0.6) is 0 Å². The molecule has 1 aromatic heterocycles. The first-order chi connectivity index (χ1) is 7.28. The van der Waals surface area contributed by atoms with Crippen LogP contribution in [0.1, 0.15) is 18.0 Å². The van der Waals surface area contributed by atoms with Crippen LogP contribution in [0.25, 0.3) is 10.9 Å². The van der Waals surface area contributed by atoms with Gasteiger partial charge in [0.15, 0.2) is 0 Å². The summed E-state index contributed by atoms with van der Waals surface area (Å²) in [6, 6.07) is 8.14. The lowest BCUT2D eigenvalue weighted by Gasteiger charge is -1.92. The van der Waals surface area contributed by atoms with E-state index in [1.165, 1.54) is 17.5 Å². The lowest BCUT2D eigenvalue weighted by molar-refractivity contribution is 0.801. The minimum atomic E-state index is 0.640. The standard InChI is InChI=1S/C12H13ClN2/c13-9-1-2-11-7(3-9)5-12(15-11)10-4-8(10)6-14/h1-3,5,8,10,15H,4,6,14H2/t8-,10+/m0/s1. The maximum Gasteiger partial charge on any atom is 0.0457 e. The zero-order valence-corrected chi connectivity index (χ0v) is 9.09. The van der Waals surface area contributed by atoms with E-state index in [1.54, 1.807) is 0 Å². The van der Waals surface area contributed by atoms with Crippen LogP contribution in [0, 0.1) is 5.92 Å². The number of aromatic amines is 1. The molecule has 3 N–H and O–H groups in total. The second-order valence-corrected chi connectivity index (χ2v) is 4.73. The number of hydrogen-bond acceptors (Lipinski definition) is 1. The van der Waals surface area contributed by atoms with Gasteiger partial charge in [-0.25, -0.2) is 0 Å². The summed E-state index contributed by atoms with van der Waals surface area (Å²) in [6.07, 6.45) is 1.22. The number of fused-ring (bicyclic) bond motifs is 1. The number of H-pyrrole nitrogens is 1. The zero-order chi connectivity index (χ0) is 10.4. The average molecular weight is 221 g/mol. The Morgan fingerprint density at radius 3 is 3.00 bits per heavy atom. The molecule has 3 rings (SSSR count). The SMILES string of the molecule is NC[C@@H]1C[C@H]1c1cc2cc(Cl)ccc2[nH]1. The van der Waals surface area contributed by atoms with Gasteiger partial charge in [0, 0.05) is 27.5 Å². The Hall–Kier alpha value is -0.990. The molecule has 78 valence electrons. The van der Waals surface area contributed by atoms with E-state index in [4.69, 9.17) is 17.3 Å². The Morgan fingerprint density at radius 2 is 2.27 bits per heavy atom. The van der Waals surface area contributed by atoms with Gasteiger partial charge in [0.1, 0.15) is 0 Å². The molecule has 2 nitrogen and oxygen atoms in total. The number of hydrogen-bond donors (Lipinski definition) is 2. The van der Waals surface area contributed by atoms with E-state index >= 15 is 0 Å². The highest BCUT2D eigenvalue weighted by atomic mass is 35.5. The van der Waals surface area contributed by atoms with Gasteiger partial charge in [-0.2, -0.15) is 0 Å². The molecule has 0 radical (unpaired) electrons. The Labute approximate surface area is 93.4 Å². The van der Waals surface area contributed by atoms with Crippen molar-refractivity contribution in [3.63, 3.8) is 0 Å². The first-order valence-corrected chi connectivity index (χ1v) is 5.64. The monoisotopic (exact) mass is 220 g/mol. The van der Waals surface area contributed by atoms with E-state index in [0.717, 1.165) is 17.1 Å². The van der Waals surface area contributed by atoms with Crippen molar-refractivity contribution in [1.82, 2.24) is 4.98 Å². The first kappa shape index (κ1) is 9.25. The molecule has 1 saturated carbocycles. The number of benzene rings is 1. The van der Waals surface area contributed by atoms with Crippen molar-refractivity contribution < 1.29 is 0 Å². The maximum atomic E-state index is 5.95. The van der Waals surface area contributed by atoms with Crippen LogP contribution in [0.15, 0.2) is 24.3 Å². The van der Waals surface area contributed by atoms with Crippen molar-refractivity contribution in [3.05, 3.63) is 35.0 Å². The molecule has 0 bridgehead atoms. The molecular weight excluding hydrogens is 208 g/mol. The zero-order valence-electron chi connectivity index (χ0n) is 8.33. The van der Waals surface area contributed by atoms with E-state index in [2.05, 4.69) is 11.1 Å². The van der Waals surface area contributed by atoms with Gasteiger partial charge in [-0.3, -0.25) is 0 Å². The Balaban J connectivity index is 2.00. The average Bonchev–Trinajstić information content (AvgIpc) is 2.91. The van der Waals surface area contributed by atoms with Crippen molar-refractivity contribution in [2.24, 2.45) is 11.7 Å². The van der Waals surface area contributed by atoms with Crippen LogP contribution in [0.4, 0.5) is 0 Å². The number of nitrogens with one attached hydrogen (secondary N) is 1. The van der Waals surface area contributed by atoms with Gasteiger partial charge >= 0.3 is 0 Å². The van der Waals surface area contributed by atoms with E-state index in [9.17, 15) is 0 Å². The summed E-state index contributed by atoms with van der Waals surface area (Å²) < 4.78 is 0. The minimum Gasteiger partial charge on any atom is -0.358 e. The van der Waals surface area contributed by atoms with Crippen LogP contribution in [0.2, 0.25) is 5.02 Å². The summed E-state index contributed by atoms with van der Waals surface area (Å²) in [5, 5.41) is 1.99. The molecule has 15 heavy (non-hydrogen) atoms. The first-order valence-electron chi connectivity index (χ1n) is 5.26. The van der Waals surface area contributed by atoms with Gasteiger partial charge in [-0.1, -0.05) is 11.6 Å². The fourth-order valence-corrected chi connectivity index (χ4v) is 2.40. The van der Waals surface area contributed by atoms with Crippen molar-refractivity contribution in [1.29, 1.82) is 0 Å². The second-order valence-electron chi connectivity index (χ2n) is 4.29. The molecule has 0 amide bonds. The topological polar surface area (TPSA) is 41.8 Å². The largest absolute Gasteiger partial charge is 0.358 e. The predicted octanol–water partition coefficient (Wildman–Crippen LogP) is 2.88. The van der Waals surface area contributed by atoms with Gasteiger partial charge in [0.05, 0.1) is 0 Å². The molecule has 2 atom stereocenters. The van der Waals surface area contributed by atoms with Crippen LogP contribution < -0.4 is 5.73 Å². The Morgan fingerprint density at radius 1 is 1.40 bits per heavy atom. The molecule has 1 aliphatic rings. The molecule has 1 heterocycles. The highest BCUT2D eigenvalue weighted by Crippen LogP contribution is 2.46. The number of nitrogens with two attached hydrogens (primary N) is 1. The molecule has 1 aromatic carbocycles. The second kappa shape index (κ2) is 3.26. The van der Waals surface area contributed by atoms with Gasteiger partial charge in [0.2, 0.25) is 0 Å². The highest BCUT2D eigenvalue weighted by molar-refractivity contribution is 6.31. The summed E-state index contributed by atoms with van der Waals surface area (Å²) in [6.45, 7) is 0.792. The van der Waals surface area contributed by atoms with Gasteiger partial charge < -0.3 is 10.7 Å². The van der Waals surface area contributed by atoms with Gasteiger partial charge in [-0.15, -0.1) is 0 Å². The van der Waals surface area contributed by atoms with Crippen LogP contribution in [0.3, 0.4) is 0 Å². The molecule has 3 heteroatoms. The Bertz CT molecular complexity index is 503. The van der Waals surface area contributed by atoms with E-state index in [-0.39, 0.29) is 0 Å². The fourth-order valence-electron chi connectivity index (χ4n) is 2.21. The molecule has 0 saturated heterocycles. The smallest absolute Gasteiger partial charge is 0.0457 e. The molecule has 1 aliphatic carbocycles. The van der Waals surface area contributed by atoms with Gasteiger partial charge in [0.25, 0.3) is 0 Å². The van der Waals surface area contributed by atoms with Crippen LogP contribution in [-0.2, 0) is 0 Å². The third-order valence-electron chi connectivity index (χ3n) is 3.23. The lowest BCUT2D eigenvalue weighted by atomic mass is 10.2. The minimum absolute atomic E-state index is 0.640. The normalized spacial score (nSPS) is 24.7. The van der Waals surface area contributed by atoms with Crippen LogP contribution >= 0.6 is 11.6 Å². The highest BCUT2D eigenvalue weighted by Gasteiger charge is 2.37. The number of rotatable bonds is 2. The maximum absolute atomic E-state index is 5.95. The van der Waals surface area contributed by atoms with E-state index in [1.807, 2.05) is 18.2 Å². The fraction of sp³-hybridized carbons (Fsp3) is 0.333. The summed E-state index contributed by atoms with van der Waals surface area (Å²) in [7, 11) is 0. The molecule has 0 unspecified atom stereocenters.